The fourth-order valence-electron chi connectivity index (χ4n) is 3.00. The zero-order valence-corrected chi connectivity index (χ0v) is 20.2. The Kier molecular flexibility index (Phi) is 11.9. The molecule has 0 atom stereocenters. The van der Waals surface area contributed by atoms with Crippen LogP contribution >= 0.6 is 0 Å². The van der Waals surface area contributed by atoms with Crippen molar-refractivity contribution < 1.29 is 38.0 Å². The van der Waals surface area contributed by atoms with Gasteiger partial charge in [0.25, 0.3) is 5.91 Å². The van der Waals surface area contributed by atoms with E-state index in [1.165, 1.54) is 12.0 Å². The van der Waals surface area contributed by atoms with Crippen LogP contribution < -0.4 is 34.0 Å². The lowest BCUT2D eigenvalue weighted by molar-refractivity contribution is -0.870. The molecule has 2 aromatic rings. The normalized spacial score (nSPS) is 10.9. The summed E-state index contributed by atoms with van der Waals surface area (Å²) in [6, 6.07) is 18.0. The molecule has 160 valence electrons. The Morgan fingerprint density at radius 3 is 2.24 bits per heavy atom. The summed E-state index contributed by atoms with van der Waals surface area (Å²) in [5.74, 6) is 0.804. The van der Waals surface area contributed by atoms with Crippen LogP contribution in [0, 0.1) is 0 Å². The van der Waals surface area contributed by atoms with Gasteiger partial charge in [0.15, 0.2) is 0 Å². The first-order valence-corrected chi connectivity index (χ1v) is 10.3. The molecule has 2 aromatic carbocycles. The van der Waals surface area contributed by atoms with Gasteiger partial charge in [-0.3, -0.25) is 4.79 Å². The highest BCUT2D eigenvalue weighted by molar-refractivity contribution is 5.94. The van der Waals surface area contributed by atoms with Crippen molar-refractivity contribution in [2.24, 2.45) is 0 Å². The average Bonchev–Trinajstić information content (AvgIpc) is 2.68. The van der Waals surface area contributed by atoms with E-state index < -0.39 is 0 Å². The van der Waals surface area contributed by atoms with Crippen LogP contribution in [0.5, 0.6) is 5.75 Å². The highest BCUT2D eigenvalue weighted by Gasteiger charge is 2.08. The molecule has 0 unspecified atom stereocenters. The summed E-state index contributed by atoms with van der Waals surface area (Å²) in [6.07, 6.45) is 5.48. The summed E-state index contributed by atoms with van der Waals surface area (Å²) < 4.78 is 6.71. The number of nitrogens with one attached hydrogen (secondary N) is 1. The Bertz CT molecular complexity index is 697. The Morgan fingerprint density at radius 2 is 1.59 bits per heavy atom. The lowest BCUT2D eigenvalue weighted by atomic mass is 10.1. The number of hydrogen-bond donors (Lipinski definition) is 1. The molecule has 4 nitrogen and oxygen atoms in total. The van der Waals surface area contributed by atoms with Crippen LogP contribution in [0.1, 0.15) is 41.6 Å². The highest BCUT2D eigenvalue weighted by atomic mass is 127. The van der Waals surface area contributed by atoms with Gasteiger partial charge in [-0.05, 0) is 55.5 Å². The smallest absolute Gasteiger partial charge is 0.251 e. The fourth-order valence-corrected chi connectivity index (χ4v) is 3.00. The quantitative estimate of drug-likeness (QED) is 0.266. The molecular weight excluding hydrogens is 475 g/mol. The maximum Gasteiger partial charge on any atom is 0.251 e. The lowest BCUT2D eigenvalue weighted by Crippen LogP contribution is -3.00. The van der Waals surface area contributed by atoms with E-state index >= 15 is 0 Å². The molecule has 0 aromatic heterocycles. The van der Waals surface area contributed by atoms with E-state index in [9.17, 15) is 4.79 Å². The number of amides is 1. The number of halogens is 1. The SMILES string of the molecule is C[N+](C)(C)CCCNC(=O)c1ccc(OCCCCCc2ccccc2)cc1.[I-]. The van der Waals surface area contributed by atoms with Gasteiger partial charge in [0.2, 0.25) is 0 Å². The lowest BCUT2D eigenvalue weighted by Gasteiger charge is -2.23. The van der Waals surface area contributed by atoms with E-state index in [0.717, 1.165) is 42.5 Å². The average molecular weight is 510 g/mol. The molecule has 1 N–H and O–H groups in total. The third-order valence-corrected chi connectivity index (χ3v) is 4.63. The van der Waals surface area contributed by atoms with Gasteiger partial charge in [0, 0.05) is 18.5 Å². The van der Waals surface area contributed by atoms with Crippen LogP contribution in [0.4, 0.5) is 0 Å². The number of aryl methyl sites for hydroxylation is 1. The van der Waals surface area contributed by atoms with Crippen LogP contribution in [0.15, 0.2) is 54.6 Å². The van der Waals surface area contributed by atoms with Crippen LogP contribution in [-0.4, -0.2) is 51.2 Å². The summed E-state index contributed by atoms with van der Waals surface area (Å²) in [5, 5.41) is 2.98. The maximum atomic E-state index is 12.2. The number of hydrogen-bond acceptors (Lipinski definition) is 2. The molecule has 2 rings (SSSR count). The largest absolute Gasteiger partial charge is 1.00 e. The molecule has 0 saturated carbocycles. The van der Waals surface area contributed by atoms with Gasteiger partial charge in [-0.15, -0.1) is 0 Å². The molecule has 29 heavy (non-hydrogen) atoms. The molecule has 0 radical (unpaired) electrons. The molecule has 0 aliphatic heterocycles. The van der Waals surface area contributed by atoms with Crippen molar-refractivity contribution in [1.82, 2.24) is 5.32 Å². The van der Waals surface area contributed by atoms with Gasteiger partial charge in [0.05, 0.1) is 34.3 Å². The zero-order valence-electron chi connectivity index (χ0n) is 18.0. The first-order valence-electron chi connectivity index (χ1n) is 10.3. The number of carbonyl (C=O) groups excluding carboxylic acids is 1. The summed E-state index contributed by atoms with van der Waals surface area (Å²) in [5.41, 5.74) is 2.08. The van der Waals surface area contributed by atoms with E-state index in [2.05, 4.69) is 56.8 Å². The highest BCUT2D eigenvalue weighted by Crippen LogP contribution is 2.13. The van der Waals surface area contributed by atoms with E-state index in [1.54, 1.807) is 0 Å². The molecule has 5 heteroatoms. The predicted octanol–water partition coefficient (Wildman–Crippen LogP) is 1.31. The molecule has 1 amide bonds. The Balaban J connectivity index is 0.00000420. The third-order valence-electron chi connectivity index (χ3n) is 4.63. The first kappa shape index (κ1) is 25.4. The number of quaternary nitrogens is 1. The molecular formula is C24H35IN2O2. The monoisotopic (exact) mass is 510 g/mol. The molecule has 0 aliphatic rings. The van der Waals surface area contributed by atoms with E-state index in [1.807, 2.05) is 24.3 Å². The van der Waals surface area contributed by atoms with Gasteiger partial charge in [-0.2, -0.15) is 0 Å². The summed E-state index contributed by atoms with van der Waals surface area (Å²) in [6.45, 7) is 2.46. The Labute approximate surface area is 193 Å². The van der Waals surface area contributed by atoms with Crippen LogP contribution in [-0.2, 0) is 6.42 Å². The number of ether oxygens (including phenoxy) is 1. The number of benzene rings is 2. The van der Waals surface area contributed by atoms with Crippen LogP contribution in [0.3, 0.4) is 0 Å². The number of unbranched alkanes of at least 4 members (excludes halogenated alkanes) is 2. The fraction of sp³-hybridized carbons (Fsp3) is 0.458. The third kappa shape index (κ3) is 11.2. The van der Waals surface area contributed by atoms with Gasteiger partial charge in [-0.25, -0.2) is 0 Å². The van der Waals surface area contributed by atoms with Crippen molar-refractivity contribution in [3.8, 4) is 5.75 Å². The minimum absolute atomic E-state index is 0. The first-order chi connectivity index (χ1) is 13.4. The van der Waals surface area contributed by atoms with Gasteiger partial charge < -0.3 is 38.5 Å². The van der Waals surface area contributed by atoms with Crippen molar-refractivity contribution in [2.45, 2.75) is 32.1 Å². The van der Waals surface area contributed by atoms with Gasteiger partial charge in [0.1, 0.15) is 5.75 Å². The van der Waals surface area contributed by atoms with Crippen molar-refractivity contribution in [3.63, 3.8) is 0 Å². The summed E-state index contributed by atoms with van der Waals surface area (Å²) in [4.78, 5) is 12.2. The number of rotatable bonds is 12. The van der Waals surface area contributed by atoms with Crippen molar-refractivity contribution in [3.05, 3.63) is 65.7 Å². The van der Waals surface area contributed by atoms with E-state index in [0.29, 0.717) is 18.7 Å². The van der Waals surface area contributed by atoms with Crippen molar-refractivity contribution in [1.29, 1.82) is 0 Å². The number of nitrogens with zero attached hydrogens (tertiary/aromatic N) is 1. The van der Waals surface area contributed by atoms with Gasteiger partial charge in [-0.1, -0.05) is 30.3 Å². The Hall–Kier alpha value is -1.60. The molecule has 0 fully saturated rings. The van der Waals surface area contributed by atoms with Crippen LogP contribution in [0.2, 0.25) is 0 Å². The van der Waals surface area contributed by atoms with Gasteiger partial charge >= 0.3 is 0 Å². The molecule has 0 heterocycles. The van der Waals surface area contributed by atoms with Crippen LogP contribution in [0.25, 0.3) is 0 Å². The van der Waals surface area contributed by atoms with E-state index in [-0.39, 0.29) is 29.9 Å². The summed E-state index contributed by atoms with van der Waals surface area (Å²) in [7, 11) is 6.47. The molecule has 0 saturated heterocycles. The zero-order chi connectivity index (χ0) is 20.2. The second kappa shape index (κ2) is 13.6. The minimum Gasteiger partial charge on any atom is -1.00 e. The second-order valence-electron chi connectivity index (χ2n) is 8.29. The van der Waals surface area contributed by atoms with E-state index in [4.69, 9.17) is 4.74 Å². The maximum absolute atomic E-state index is 12.2. The van der Waals surface area contributed by atoms with Crippen molar-refractivity contribution in [2.75, 3.05) is 40.8 Å². The minimum atomic E-state index is -0.0196. The molecule has 0 aliphatic carbocycles. The Morgan fingerprint density at radius 1 is 0.897 bits per heavy atom. The molecule has 0 spiro atoms. The molecule has 0 bridgehead atoms. The second-order valence-corrected chi connectivity index (χ2v) is 8.29. The van der Waals surface area contributed by atoms with Crippen molar-refractivity contribution >= 4 is 5.91 Å². The summed E-state index contributed by atoms with van der Waals surface area (Å²) >= 11 is 0. The standard InChI is InChI=1S/C24H34N2O2.HI/c1-26(2,3)19-10-18-25-24(27)22-14-16-23(17-15-22)28-20-9-5-8-13-21-11-6-4-7-12-21;/h4,6-7,11-12,14-17H,5,8-10,13,18-20H2,1-3H3;1H. The number of carbonyl (C=O) groups is 1. The predicted molar refractivity (Wildman–Crippen MR) is 116 cm³/mol. The topological polar surface area (TPSA) is 38.3 Å².